The molecular formula is C22H20N2O6. The molecule has 2 aromatic carbocycles. The molecule has 30 heavy (non-hydrogen) atoms. The van der Waals surface area contributed by atoms with E-state index in [1.807, 2.05) is 4.90 Å². The molecule has 8 nitrogen and oxygen atoms in total. The van der Waals surface area contributed by atoms with Crippen LogP contribution in [0.2, 0.25) is 0 Å². The number of ether oxygens (including phenoxy) is 1. The monoisotopic (exact) mass is 408 g/mol. The fourth-order valence-corrected chi connectivity index (χ4v) is 3.74. The summed E-state index contributed by atoms with van der Waals surface area (Å²) in [6.45, 7) is 3.61. The lowest BCUT2D eigenvalue weighted by molar-refractivity contribution is -0.384. The lowest BCUT2D eigenvalue weighted by Gasteiger charge is -2.32. The third-order valence-corrected chi connectivity index (χ3v) is 5.21. The second-order valence-electron chi connectivity index (χ2n) is 7.50. The van der Waals surface area contributed by atoms with Crippen molar-refractivity contribution in [3.8, 4) is 5.75 Å². The molecule has 2 heterocycles. The predicted molar refractivity (Wildman–Crippen MR) is 111 cm³/mol. The Morgan fingerprint density at radius 3 is 2.77 bits per heavy atom. The molecule has 0 N–H and O–H groups in total. The van der Waals surface area contributed by atoms with Crippen molar-refractivity contribution in [3.63, 3.8) is 0 Å². The first-order valence-electron chi connectivity index (χ1n) is 9.70. The smallest absolute Gasteiger partial charge is 0.343 e. The maximum Gasteiger partial charge on any atom is 0.343 e. The van der Waals surface area contributed by atoms with Gasteiger partial charge in [-0.3, -0.25) is 10.1 Å². The molecule has 0 amide bonds. The van der Waals surface area contributed by atoms with E-state index in [1.165, 1.54) is 24.3 Å². The van der Waals surface area contributed by atoms with Gasteiger partial charge in [-0.25, -0.2) is 9.59 Å². The Balaban J connectivity index is 1.60. The van der Waals surface area contributed by atoms with Crippen LogP contribution in [-0.4, -0.2) is 24.0 Å². The average molecular weight is 408 g/mol. The van der Waals surface area contributed by atoms with Crippen LogP contribution in [-0.2, 0) is 0 Å². The molecule has 4 rings (SSSR count). The molecule has 0 unspecified atom stereocenters. The Hall–Kier alpha value is -3.68. The van der Waals surface area contributed by atoms with E-state index < -0.39 is 16.5 Å². The maximum absolute atomic E-state index is 12.6. The number of piperidine rings is 1. The van der Waals surface area contributed by atoms with Gasteiger partial charge in [0.25, 0.3) is 5.69 Å². The number of nitro benzene ring substituents is 1. The van der Waals surface area contributed by atoms with E-state index in [4.69, 9.17) is 9.15 Å². The van der Waals surface area contributed by atoms with Crippen molar-refractivity contribution < 1.29 is 18.9 Å². The molecule has 1 saturated heterocycles. The quantitative estimate of drug-likeness (QED) is 0.210. The van der Waals surface area contributed by atoms with Gasteiger partial charge in [-0.05, 0) is 49.1 Å². The fraction of sp³-hybridized carbons (Fsp3) is 0.273. The number of hydrogen-bond donors (Lipinski definition) is 0. The first-order valence-corrected chi connectivity index (χ1v) is 9.70. The van der Waals surface area contributed by atoms with Gasteiger partial charge in [0.2, 0.25) is 0 Å². The van der Waals surface area contributed by atoms with Gasteiger partial charge < -0.3 is 14.1 Å². The van der Waals surface area contributed by atoms with Gasteiger partial charge in [-0.15, -0.1) is 0 Å². The number of esters is 1. The largest absolute Gasteiger partial charge is 0.423 e. The summed E-state index contributed by atoms with van der Waals surface area (Å²) in [5, 5.41) is 12.3. The predicted octanol–water partition coefficient (Wildman–Crippen LogP) is 4.16. The third kappa shape index (κ3) is 4.03. The molecule has 0 bridgehead atoms. The van der Waals surface area contributed by atoms with Gasteiger partial charge in [-0.1, -0.05) is 6.92 Å². The highest BCUT2D eigenvalue weighted by Crippen LogP contribution is 2.33. The minimum absolute atomic E-state index is 0.0742. The molecule has 3 aromatic rings. The summed E-state index contributed by atoms with van der Waals surface area (Å²) >= 11 is 0. The summed E-state index contributed by atoms with van der Waals surface area (Å²) in [7, 11) is 0. The van der Waals surface area contributed by atoms with Crippen LogP contribution in [0.3, 0.4) is 0 Å². The van der Waals surface area contributed by atoms with Crippen LogP contribution < -0.4 is 15.3 Å². The Morgan fingerprint density at radius 1 is 1.20 bits per heavy atom. The fourth-order valence-electron chi connectivity index (χ4n) is 3.74. The van der Waals surface area contributed by atoms with Gasteiger partial charge in [0.1, 0.15) is 17.0 Å². The van der Waals surface area contributed by atoms with Gasteiger partial charge >= 0.3 is 11.6 Å². The number of anilines is 1. The summed E-state index contributed by atoms with van der Waals surface area (Å²) in [5.41, 5.74) is 0.237. The topological polar surface area (TPSA) is 103 Å². The molecule has 1 aromatic heterocycles. The van der Waals surface area contributed by atoms with Crippen LogP contribution in [0.4, 0.5) is 11.4 Å². The number of carbonyl (C=O) groups is 1. The highest BCUT2D eigenvalue weighted by Gasteiger charge is 2.25. The van der Waals surface area contributed by atoms with Crippen molar-refractivity contribution in [1.82, 2.24) is 0 Å². The number of carbonyl (C=O) groups excluding carboxylic acids is 1. The third-order valence-electron chi connectivity index (χ3n) is 5.21. The number of benzene rings is 2. The van der Waals surface area contributed by atoms with Crippen molar-refractivity contribution >= 4 is 28.3 Å². The molecule has 1 aliphatic heterocycles. The van der Waals surface area contributed by atoms with Crippen LogP contribution in [0, 0.1) is 16.0 Å². The van der Waals surface area contributed by atoms with E-state index in [9.17, 15) is 19.7 Å². The van der Waals surface area contributed by atoms with E-state index >= 15 is 0 Å². The van der Waals surface area contributed by atoms with Crippen molar-refractivity contribution in [2.75, 3.05) is 18.0 Å². The molecule has 8 heteroatoms. The summed E-state index contributed by atoms with van der Waals surface area (Å²) < 4.78 is 10.4. The second-order valence-corrected chi connectivity index (χ2v) is 7.50. The summed E-state index contributed by atoms with van der Waals surface area (Å²) in [6.07, 6.45) is 2.07. The Morgan fingerprint density at radius 2 is 2.00 bits per heavy atom. The standard InChI is InChI=1S/C22H20N2O6/c1-14-3-2-10-23(13-14)18-8-5-16(11-19(18)24(27)28)22(26)29-17-7-4-15-6-9-21(25)30-20(15)12-17/h4-9,11-12,14H,2-3,10,13H2,1H3/t14-/m1/s1. The van der Waals surface area contributed by atoms with Gasteiger partial charge in [0.15, 0.2) is 0 Å². The molecule has 154 valence electrons. The van der Waals surface area contributed by atoms with E-state index in [-0.39, 0.29) is 22.6 Å². The zero-order chi connectivity index (χ0) is 21.3. The zero-order valence-corrected chi connectivity index (χ0v) is 16.4. The molecule has 0 saturated carbocycles. The molecule has 1 fully saturated rings. The molecule has 0 aliphatic carbocycles. The average Bonchev–Trinajstić information content (AvgIpc) is 2.73. The van der Waals surface area contributed by atoms with Crippen LogP contribution in [0.1, 0.15) is 30.1 Å². The highest BCUT2D eigenvalue weighted by molar-refractivity contribution is 5.93. The van der Waals surface area contributed by atoms with Crippen molar-refractivity contribution in [2.45, 2.75) is 19.8 Å². The van der Waals surface area contributed by atoms with Gasteiger partial charge in [-0.2, -0.15) is 0 Å². The van der Waals surface area contributed by atoms with Crippen molar-refractivity contribution in [2.24, 2.45) is 5.92 Å². The lowest BCUT2D eigenvalue weighted by Crippen LogP contribution is -2.34. The maximum atomic E-state index is 12.6. The second kappa shape index (κ2) is 7.98. The minimum atomic E-state index is -0.728. The Bertz CT molecular complexity index is 1190. The van der Waals surface area contributed by atoms with Crippen LogP contribution in [0.15, 0.2) is 57.7 Å². The molecule has 0 spiro atoms. The number of nitro groups is 1. The summed E-state index contributed by atoms with van der Waals surface area (Å²) in [6, 6.07) is 12.0. The minimum Gasteiger partial charge on any atom is -0.423 e. The number of rotatable bonds is 4. The highest BCUT2D eigenvalue weighted by atomic mass is 16.6. The number of nitrogens with zero attached hydrogens (tertiary/aromatic N) is 2. The Labute approximate surface area is 171 Å². The molecular weight excluding hydrogens is 388 g/mol. The van der Waals surface area contributed by atoms with Crippen LogP contribution >= 0.6 is 0 Å². The lowest BCUT2D eigenvalue weighted by atomic mass is 9.99. The van der Waals surface area contributed by atoms with E-state index in [0.29, 0.717) is 17.0 Å². The number of hydrogen-bond acceptors (Lipinski definition) is 7. The van der Waals surface area contributed by atoms with Gasteiger partial charge in [0.05, 0.1) is 10.5 Å². The van der Waals surface area contributed by atoms with Gasteiger partial charge in [0, 0.05) is 36.7 Å². The first kappa shape index (κ1) is 19.6. The van der Waals surface area contributed by atoms with Crippen molar-refractivity contribution in [3.05, 3.63) is 74.6 Å². The summed E-state index contributed by atoms with van der Waals surface area (Å²) in [4.78, 5) is 37.1. The Kier molecular flexibility index (Phi) is 5.22. The SMILES string of the molecule is C[C@@H]1CCCN(c2ccc(C(=O)Oc3ccc4ccc(=O)oc4c3)cc2[N+](=O)[O-])C1. The zero-order valence-electron chi connectivity index (χ0n) is 16.4. The van der Waals surface area contributed by atoms with E-state index in [0.717, 1.165) is 25.9 Å². The number of fused-ring (bicyclic) bond motifs is 1. The van der Waals surface area contributed by atoms with E-state index in [1.54, 1.807) is 24.3 Å². The van der Waals surface area contributed by atoms with Crippen LogP contribution in [0.5, 0.6) is 5.75 Å². The molecule has 0 radical (unpaired) electrons. The normalized spacial score (nSPS) is 16.4. The summed E-state index contributed by atoms with van der Waals surface area (Å²) in [5.74, 6) is -0.0938. The van der Waals surface area contributed by atoms with E-state index in [2.05, 4.69) is 6.92 Å². The van der Waals surface area contributed by atoms with Crippen molar-refractivity contribution in [1.29, 1.82) is 0 Å². The van der Waals surface area contributed by atoms with Crippen LogP contribution in [0.25, 0.3) is 11.0 Å². The molecule has 1 aliphatic rings. The molecule has 1 atom stereocenters. The first-order chi connectivity index (χ1) is 14.4.